The summed E-state index contributed by atoms with van der Waals surface area (Å²) in [6, 6.07) is 6.72. The third-order valence-electron chi connectivity index (χ3n) is 2.12. The minimum Gasteiger partial charge on any atom is -0.328 e. The topological polar surface area (TPSA) is 32.9 Å². The minimum atomic E-state index is -0.342. The lowest BCUT2D eigenvalue weighted by Crippen LogP contribution is -2.05. The van der Waals surface area contributed by atoms with Gasteiger partial charge in [-0.25, -0.2) is 0 Å². The van der Waals surface area contributed by atoms with Gasteiger partial charge in [0.2, 0.25) is 0 Å². The Kier molecular flexibility index (Phi) is 3.24. The highest BCUT2D eigenvalue weighted by atomic mass is 35.5. The van der Waals surface area contributed by atoms with Gasteiger partial charge in [0.05, 0.1) is 0 Å². The van der Waals surface area contributed by atoms with E-state index in [0.717, 1.165) is 0 Å². The Bertz CT molecular complexity index is 592. The third-order valence-corrected chi connectivity index (χ3v) is 3.04. The van der Waals surface area contributed by atoms with Gasteiger partial charge in [0.1, 0.15) is 5.02 Å². The van der Waals surface area contributed by atoms with Crippen molar-refractivity contribution in [1.82, 2.24) is 4.98 Å². The number of nitrogens with one attached hydrogen (secondary N) is 1. The quantitative estimate of drug-likeness (QED) is 0.837. The van der Waals surface area contributed by atoms with Crippen LogP contribution in [0.25, 0.3) is 11.1 Å². The molecule has 2 rings (SSSR count). The van der Waals surface area contributed by atoms with Crippen LogP contribution in [0.2, 0.25) is 15.1 Å². The molecule has 0 amide bonds. The number of pyridine rings is 1. The molecule has 2 nitrogen and oxygen atoms in total. The molecule has 2 aromatic rings. The van der Waals surface area contributed by atoms with E-state index in [9.17, 15) is 4.79 Å². The fraction of sp³-hybridized carbons (Fsp3) is 0. The monoisotopic (exact) mass is 273 g/mol. The molecule has 0 spiro atoms. The zero-order valence-corrected chi connectivity index (χ0v) is 10.2. The van der Waals surface area contributed by atoms with E-state index >= 15 is 0 Å². The minimum absolute atomic E-state index is 0.117. The van der Waals surface area contributed by atoms with E-state index in [2.05, 4.69) is 4.98 Å². The van der Waals surface area contributed by atoms with Crippen LogP contribution in [0.5, 0.6) is 0 Å². The molecular formula is C11H6Cl3NO. The van der Waals surface area contributed by atoms with Gasteiger partial charge in [-0.05, 0) is 18.2 Å². The molecule has 1 aromatic heterocycles. The van der Waals surface area contributed by atoms with Gasteiger partial charge >= 0.3 is 0 Å². The normalized spacial score (nSPS) is 10.4. The van der Waals surface area contributed by atoms with Crippen molar-refractivity contribution >= 4 is 34.8 Å². The van der Waals surface area contributed by atoms with Gasteiger partial charge in [-0.3, -0.25) is 4.79 Å². The van der Waals surface area contributed by atoms with Crippen LogP contribution in [-0.2, 0) is 0 Å². The van der Waals surface area contributed by atoms with E-state index in [1.54, 1.807) is 24.3 Å². The summed E-state index contributed by atoms with van der Waals surface area (Å²) in [5, 5.41) is 1.11. The Hall–Kier alpha value is -0.960. The summed E-state index contributed by atoms with van der Waals surface area (Å²) in [6.45, 7) is 0. The molecule has 1 heterocycles. The van der Waals surface area contributed by atoms with Crippen LogP contribution in [0.1, 0.15) is 0 Å². The summed E-state index contributed by atoms with van der Waals surface area (Å²) >= 11 is 17.7. The van der Waals surface area contributed by atoms with Gasteiger partial charge in [0, 0.05) is 27.4 Å². The average molecular weight is 275 g/mol. The fourth-order valence-corrected chi connectivity index (χ4v) is 2.11. The molecule has 16 heavy (non-hydrogen) atoms. The van der Waals surface area contributed by atoms with Crippen molar-refractivity contribution in [3.63, 3.8) is 0 Å². The first-order chi connectivity index (χ1) is 7.59. The molecule has 0 aliphatic rings. The molecule has 0 fully saturated rings. The van der Waals surface area contributed by atoms with Crippen LogP contribution in [0, 0.1) is 0 Å². The number of aromatic amines is 1. The maximum atomic E-state index is 11.3. The molecule has 0 aliphatic heterocycles. The highest BCUT2D eigenvalue weighted by molar-refractivity contribution is 6.38. The SMILES string of the molecule is O=c1[nH]ccc(-c2ccc(Cl)cc2Cl)c1Cl. The molecule has 0 aliphatic carbocycles. The maximum absolute atomic E-state index is 11.3. The van der Waals surface area contributed by atoms with Gasteiger partial charge < -0.3 is 4.98 Å². The zero-order valence-electron chi connectivity index (χ0n) is 7.93. The molecule has 1 aromatic carbocycles. The predicted molar refractivity (Wildman–Crippen MR) is 67.5 cm³/mol. The standard InChI is InChI=1S/C11H6Cl3NO/c12-6-1-2-7(9(13)5-6)8-3-4-15-11(16)10(8)14/h1-5H,(H,15,16). The lowest BCUT2D eigenvalue weighted by molar-refractivity contribution is 1.24. The number of rotatable bonds is 1. The molecule has 1 N–H and O–H groups in total. The molecular weight excluding hydrogens is 268 g/mol. The van der Waals surface area contributed by atoms with Gasteiger partial charge in [-0.1, -0.05) is 40.9 Å². The largest absolute Gasteiger partial charge is 0.328 e. The number of hydrogen-bond donors (Lipinski definition) is 1. The predicted octanol–water partition coefficient (Wildman–Crippen LogP) is 4.00. The first-order valence-corrected chi connectivity index (χ1v) is 5.55. The first-order valence-electron chi connectivity index (χ1n) is 4.42. The Labute approximate surface area is 107 Å². The highest BCUT2D eigenvalue weighted by Crippen LogP contribution is 2.32. The van der Waals surface area contributed by atoms with Gasteiger partial charge in [0.25, 0.3) is 5.56 Å². The van der Waals surface area contributed by atoms with Crippen molar-refractivity contribution in [3.8, 4) is 11.1 Å². The van der Waals surface area contributed by atoms with Gasteiger partial charge in [-0.15, -0.1) is 0 Å². The van der Waals surface area contributed by atoms with Crippen molar-refractivity contribution in [3.05, 3.63) is 55.9 Å². The van der Waals surface area contributed by atoms with Crippen LogP contribution in [0.4, 0.5) is 0 Å². The number of halogens is 3. The highest BCUT2D eigenvalue weighted by Gasteiger charge is 2.10. The van der Waals surface area contributed by atoms with Crippen LogP contribution >= 0.6 is 34.8 Å². The first kappa shape index (κ1) is 11.5. The number of H-pyrrole nitrogens is 1. The fourth-order valence-electron chi connectivity index (χ4n) is 1.38. The molecule has 5 heteroatoms. The van der Waals surface area contributed by atoms with Gasteiger partial charge in [-0.2, -0.15) is 0 Å². The Morgan fingerprint density at radius 3 is 2.44 bits per heavy atom. The summed E-state index contributed by atoms with van der Waals surface area (Å²) in [5.74, 6) is 0. The second-order valence-electron chi connectivity index (χ2n) is 3.16. The number of aromatic nitrogens is 1. The number of benzene rings is 1. The molecule has 0 saturated carbocycles. The molecule has 82 valence electrons. The number of hydrogen-bond acceptors (Lipinski definition) is 1. The summed E-state index contributed by atoms with van der Waals surface area (Å²) in [7, 11) is 0. The van der Waals surface area contributed by atoms with Crippen molar-refractivity contribution < 1.29 is 0 Å². The second kappa shape index (κ2) is 4.50. The second-order valence-corrected chi connectivity index (χ2v) is 4.38. The summed E-state index contributed by atoms with van der Waals surface area (Å²) in [4.78, 5) is 13.8. The molecule has 0 atom stereocenters. The lowest BCUT2D eigenvalue weighted by Gasteiger charge is -2.06. The van der Waals surface area contributed by atoms with Crippen molar-refractivity contribution in [2.45, 2.75) is 0 Å². The van der Waals surface area contributed by atoms with E-state index in [0.29, 0.717) is 21.2 Å². The third kappa shape index (κ3) is 2.09. The van der Waals surface area contributed by atoms with E-state index < -0.39 is 0 Å². The van der Waals surface area contributed by atoms with E-state index in [-0.39, 0.29) is 10.6 Å². The molecule has 0 saturated heterocycles. The zero-order chi connectivity index (χ0) is 11.7. The molecule has 0 bridgehead atoms. The van der Waals surface area contributed by atoms with Gasteiger partial charge in [0.15, 0.2) is 0 Å². The molecule has 0 radical (unpaired) electrons. The smallest absolute Gasteiger partial charge is 0.267 e. The van der Waals surface area contributed by atoms with Crippen molar-refractivity contribution in [2.75, 3.05) is 0 Å². The van der Waals surface area contributed by atoms with Crippen LogP contribution in [0.15, 0.2) is 35.3 Å². The summed E-state index contributed by atoms with van der Waals surface area (Å²) in [5.41, 5.74) is 0.930. The summed E-state index contributed by atoms with van der Waals surface area (Å²) in [6.07, 6.45) is 1.52. The average Bonchev–Trinajstić information content (AvgIpc) is 2.23. The Morgan fingerprint density at radius 2 is 1.75 bits per heavy atom. The van der Waals surface area contributed by atoms with E-state index in [4.69, 9.17) is 34.8 Å². The van der Waals surface area contributed by atoms with Crippen molar-refractivity contribution in [2.24, 2.45) is 0 Å². The van der Waals surface area contributed by atoms with E-state index in [1.807, 2.05) is 0 Å². The van der Waals surface area contributed by atoms with Crippen molar-refractivity contribution in [1.29, 1.82) is 0 Å². The lowest BCUT2D eigenvalue weighted by atomic mass is 10.1. The van der Waals surface area contributed by atoms with Crippen LogP contribution in [-0.4, -0.2) is 4.98 Å². The summed E-state index contributed by atoms with van der Waals surface area (Å²) < 4.78 is 0. The van der Waals surface area contributed by atoms with E-state index in [1.165, 1.54) is 6.20 Å². The maximum Gasteiger partial charge on any atom is 0.267 e. The Balaban J connectivity index is 2.68. The molecule has 0 unspecified atom stereocenters. The van der Waals surface area contributed by atoms with Crippen LogP contribution < -0.4 is 5.56 Å². The Morgan fingerprint density at radius 1 is 1.00 bits per heavy atom. The van der Waals surface area contributed by atoms with Crippen LogP contribution in [0.3, 0.4) is 0 Å².